The molecule has 5 rings (SSSR count). The molecule has 216 valence electrons. The van der Waals surface area contributed by atoms with E-state index in [4.69, 9.17) is 9.47 Å². The molecule has 43 heavy (non-hydrogen) atoms. The van der Waals surface area contributed by atoms with E-state index in [-0.39, 0.29) is 18.4 Å². The number of nitrogens with one attached hydrogen (secondary N) is 3. The number of carbonyl (C=O) groups excluding carboxylic acids is 2. The summed E-state index contributed by atoms with van der Waals surface area (Å²) in [4.78, 5) is 29.5. The van der Waals surface area contributed by atoms with Gasteiger partial charge in [-0.25, -0.2) is 10.4 Å². The van der Waals surface area contributed by atoms with Crippen molar-refractivity contribution in [1.29, 1.82) is 0 Å². The van der Waals surface area contributed by atoms with Gasteiger partial charge in [0.1, 0.15) is 11.5 Å². The summed E-state index contributed by atoms with van der Waals surface area (Å²) in [5, 5.41) is 12.9. The molecular weight excluding hydrogens is 630 g/mol. The number of aromatic nitrogens is 1. The molecule has 0 spiro atoms. The minimum atomic E-state index is -0.339. The van der Waals surface area contributed by atoms with Gasteiger partial charge in [-0.15, -0.1) is 11.3 Å². The predicted octanol–water partition coefficient (Wildman–Crippen LogP) is 7.11. The van der Waals surface area contributed by atoms with E-state index in [1.54, 1.807) is 61.7 Å². The normalized spacial score (nSPS) is 10.7. The Morgan fingerprint density at radius 1 is 0.953 bits per heavy atom. The Morgan fingerprint density at radius 3 is 2.44 bits per heavy atom. The highest BCUT2D eigenvalue weighted by Gasteiger charge is 2.10. The smallest absolute Gasteiger partial charge is 0.271 e. The van der Waals surface area contributed by atoms with Crippen molar-refractivity contribution in [2.75, 3.05) is 24.4 Å². The van der Waals surface area contributed by atoms with Crippen molar-refractivity contribution in [2.24, 2.45) is 5.10 Å². The highest BCUT2D eigenvalue weighted by Crippen LogP contribution is 2.28. The van der Waals surface area contributed by atoms with E-state index in [1.165, 1.54) is 17.6 Å². The number of amides is 2. The molecule has 1 aromatic heterocycles. The molecule has 0 bridgehead atoms. The number of para-hydroxylation sites is 1. The molecule has 0 aliphatic carbocycles. The van der Waals surface area contributed by atoms with Crippen LogP contribution in [0.2, 0.25) is 0 Å². The van der Waals surface area contributed by atoms with Crippen molar-refractivity contribution >= 4 is 61.8 Å². The Balaban J connectivity index is 1.10. The van der Waals surface area contributed by atoms with Crippen LogP contribution in [0.3, 0.4) is 0 Å². The number of thiazole rings is 1. The molecule has 0 atom stereocenters. The Bertz CT molecular complexity index is 1730. The summed E-state index contributed by atoms with van der Waals surface area (Å²) in [5.41, 5.74) is 7.08. The van der Waals surface area contributed by atoms with Crippen LogP contribution in [0.15, 0.2) is 112 Å². The van der Waals surface area contributed by atoms with Crippen LogP contribution in [0.1, 0.15) is 15.9 Å². The van der Waals surface area contributed by atoms with Gasteiger partial charge in [0.05, 0.1) is 23.5 Å². The molecule has 4 aromatic carbocycles. The fraction of sp³-hybridized carbons (Fsp3) is 0.0625. The fourth-order valence-corrected chi connectivity index (χ4v) is 5.11. The number of hydrogen-bond acceptors (Lipinski definition) is 8. The van der Waals surface area contributed by atoms with E-state index in [9.17, 15) is 9.59 Å². The first-order valence-corrected chi connectivity index (χ1v) is 14.7. The zero-order valence-corrected chi connectivity index (χ0v) is 25.3. The average molecular weight is 657 g/mol. The maximum atomic E-state index is 12.6. The summed E-state index contributed by atoms with van der Waals surface area (Å²) < 4.78 is 11.4. The summed E-state index contributed by atoms with van der Waals surface area (Å²) in [6, 6.07) is 29.3. The molecule has 5 aromatic rings. The first-order valence-electron chi connectivity index (χ1n) is 13.0. The lowest BCUT2D eigenvalue weighted by atomic mass is 10.1. The summed E-state index contributed by atoms with van der Waals surface area (Å²) in [7, 11) is 1.58. The standard InChI is InChI=1S/C32H26BrN5O4S/c1-41-26-14-12-25(13-15-26)35-30(39)19-42-29-16-7-21(17-27(29)33)18-34-38-31(40)23-10-8-22(9-11-23)28-20-43-32(37-28)36-24-5-3-2-4-6-24/h2-18,20H,19H2,1H3,(H,35,39)(H,36,37)(H,38,40)/b34-18+. The zero-order valence-electron chi connectivity index (χ0n) is 22.9. The minimum absolute atomic E-state index is 0.166. The lowest BCUT2D eigenvalue weighted by molar-refractivity contribution is -0.118. The van der Waals surface area contributed by atoms with Crippen LogP contribution < -0.4 is 25.5 Å². The van der Waals surface area contributed by atoms with E-state index in [1.807, 2.05) is 47.8 Å². The van der Waals surface area contributed by atoms with Crippen LogP contribution in [0.4, 0.5) is 16.5 Å². The van der Waals surface area contributed by atoms with Gasteiger partial charge >= 0.3 is 0 Å². The molecule has 0 aliphatic rings. The highest BCUT2D eigenvalue weighted by molar-refractivity contribution is 9.10. The summed E-state index contributed by atoms with van der Waals surface area (Å²) >= 11 is 4.97. The monoisotopic (exact) mass is 655 g/mol. The summed E-state index contributed by atoms with van der Waals surface area (Å²) in [6.45, 7) is -0.166. The number of hydrazone groups is 1. The number of carbonyl (C=O) groups is 2. The second kappa shape index (κ2) is 14.3. The molecule has 0 saturated heterocycles. The second-order valence-corrected chi connectivity index (χ2v) is 10.8. The number of halogens is 1. The van der Waals surface area contributed by atoms with Gasteiger partial charge in [0.15, 0.2) is 11.7 Å². The van der Waals surface area contributed by atoms with Gasteiger partial charge in [-0.05, 0) is 88.2 Å². The largest absolute Gasteiger partial charge is 0.497 e. The van der Waals surface area contributed by atoms with E-state index < -0.39 is 0 Å². The number of anilines is 3. The van der Waals surface area contributed by atoms with Crippen LogP contribution >= 0.6 is 27.3 Å². The van der Waals surface area contributed by atoms with Gasteiger partial charge in [0.2, 0.25) is 0 Å². The molecule has 0 radical (unpaired) electrons. The van der Waals surface area contributed by atoms with Gasteiger partial charge in [0.25, 0.3) is 11.8 Å². The third-order valence-electron chi connectivity index (χ3n) is 6.04. The third-order valence-corrected chi connectivity index (χ3v) is 7.42. The first kappa shape index (κ1) is 29.5. The van der Waals surface area contributed by atoms with Crippen LogP contribution in [0, 0.1) is 0 Å². The predicted molar refractivity (Wildman–Crippen MR) is 174 cm³/mol. The lowest BCUT2D eigenvalue weighted by Gasteiger charge is -2.10. The van der Waals surface area contributed by atoms with Crippen LogP contribution in [-0.2, 0) is 4.79 Å². The number of rotatable bonds is 11. The van der Waals surface area contributed by atoms with Crippen LogP contribution in [0.25, 0.3) is 11.3 Å². The fourth-order valence-electron chi connectivity index (χ4n) is 3.86. The Labute approximate surface area is 260 Å². The van der Waals surface area contributed by atoms with Crippen molar-refractivity contribution < 1.29 is 19.1 Å². The minimum Gasteiger partial charge on any atom is -0.497 e. The van der Waals surface area contributed by atoms with Gasteiger partial charge in [0, 0.05) is 27.9 Å². The maximum absolute atomic E-state index is 12.6. The molecule has 9 nitrogen and oxygen atoms in total. The average Bonchev–Trinajstić information content (AvgIpc) is 3.50. The van der Waals surface area contributed by atoms with Gasteiger partial charge in [-0.3, -0.25) is 9.59 Å². The van der Waals surface area contributed by atoms with Crippen LogP contribution in [-0.4, -0.2) is 36.7 Å². The molecule has 0 fully saturated rings. The second-order valence-electron chi connectivity index (χ2n) is 9.06. The van der Waals surface area contributed by atoms with Crippen molar-refractivity contribution in [3.05, 3.63) is 118 Å². The Kier molecular flexibility index (Phi) is 9.78. The highest BCUT2D eigenvalue weighted by atomic mass is 79.9. The van der Waals surface area contributed by atoms with Crippen LogP contribution in [0.5, 0.6) is 11.5 Å². The molecule has 2 amide bonds. The Hall–Kier alpha value is -5.00. The molecule has 0 saturated carbocycles. The SMILES string of the molecule is COc1ccc(NC(=O)COc2ccc(/C=N/NC(=O)c3ccc(-c4csc(Nc5ccccc5)n4)cc3)cc2Br)cc1. The van der Waals surface area contributed by atoms with E-state index in [0.717, 1.165) is 27.6 Å². The van der Waals surface area contributed by atoms with Crippen molar-refractivity contribution in [1.82, 2.24) is 10.4 Å². The molecule has 0 unspecified atom stereocenters. The molecule has 0 aliphatic heterocycles. The van der Waals surface area contributed by atoms with Crippen molar-refractivity contribution in [3.63, 3.8) is 0 Å². The van der Waals surface area contributed by atoms with Gasteiger partial charge in [-0.1, -0.05) is 30.3 Å². The molecule has 11 heteroatoms. The lowest BCUT2D eigenvalue weighted by Crippen LogP contribution is -2.20. The molecule has 3 N–H and O–H groups in total. The van der Waals surface area contributed by atoms with E-state index in [0.29, 0.717) is 27.2 Å². The molecule has 1 heterocycles. The zero-order chi connectivity index (χ0) is 30.0. The Morgan fingerprint density at radius 2 is 1.72 bits per heavy atom. The summed E-state index contributed by atoms with van der Waals surface area (Å²) in [5.74, 6) is 0.563. The number of hydrogen-bond donors (Lipinski definition) is 3. The van der Waals surface area contributed by atoms with Gasteiger partial charge in [-0.2, -0.15) is 5.10 Å². The van der Waals surface area contributed by atoms with Crippen molar-refractivity contribution in [2.45, 2.75) is 0 Å². The van der Waals surface area contributed by atoms with Crippen molar-refractivity contribution in [3.8, 4) is 22.8 Å². The third kappa shape index (κ3) is 8.28. The summed E-state index contributed by atoms with van der Waals surface area (Å²) in [6.07, 6.45) is 1.52. The first-order chi connectivity index (χ1) is 21.0. The molecular formula is C32H26BrN5O4S. The number of nitrogens with zero attached hydrogens (tertiary/aromatic N) is 2. The number of ether oxygens (including phenoxy) is 2. The van der Waals surface area contributed by atoms with E-state index >= 15 is 0 Å². The van der Waals surface area contributed by atoms with E-state index in [2.05, 4.69) is 42.1 Å². The number of benzene rings is 4. The quantitative estimate of drug-likeness (QED) is 0.103. The maximum Gasteiger partial charge on any atom is 0.271 e. The number of methoxy groups -OCH3 is 1. The van der Waals surface area contributed by atoms with Gasteiger partial charge < -0.3 is 20.1 Å². The topological polar surface area (TPSA) is 114 Å².